The van der Waals surface area contributed by atoms with Crippen molar-refractivity contribution in [2.75, 3.05) is 19.6 Å². The van der Waals surface area contributed by atoms with Gasteiger partial charge >= 0.3 is 11.8 Å². The van der Waals surface area contributed by atoms with Gasteiger partial charge in [-0.3, -0.25) is 9.59 Å². The molecule has 0 aliphatic carbocycles. The van der Waals surface area contributed by atoms with E-state index in [1.165, 1.54) is 0 Å². The van der Waals surface area contributed by atoms with E-state index in [4.69, 9.17) is 0 Å². The van der Waals surface area contributed by atoms with Crippen molar-refractivity contribution in [3.63, 3.8) is 0 Å². The van der Waals surface area contributed by atoms with Crippen LogP contribution in [0.3, 0.4) is 0 Å². The molecule has 0 unspecified atom stereocenters. The third-order valence-electron chi connectivity index (χ3n) is 2.16. The van der Waals surface area contributed by atoms with Crippen molar-refractivity contribution in [2.45, 2.75) is 33.1 Å². The van der Waals surface area contributed by atoms with Gasteiger partial charge in [-0.2, -0.15) is 0 Å². The molecule has 0 heterocycles. The maximum absolute atomic E-state index is 11.7. The van der Waals surface area contributed by atoms with Crippen LogP contribution in [0, 0.1) is 0 Å². The fourth-order valence-electron chi connectivity index (χ4n) is 1.32. The number of hydrogen-bond acceptors (Lipinski definition) is 2. The van der Waals surface area contributed by atoms with Gasteiger partial charge in [-0.15, -0.1) is 6.58 Å². The van der Waals surface area contributed by atoms with Gasteiger partial charge in [-0.1, -0.05) is 26.3 Å². The summed E-state index contributed by atoms with van der Waals surface area (Å²) in [4.78, 5) is 24.8. The lowest BCUT2D eigenvalue weighted by atomic mass is 10.3. The van der Waals surface area contributed by atoms with Crippen LogP contribution < -0.4 is 5.32 Å². The Morgan fingerprint density at radius 2 is 1.94 bits per heavy atom. The van der Waals surface area contributed by atoms with Crippen molar-refractivity contribution in [3.05, 3.63) is 12.7 Å². The van der Waals surface area contributed by atoms with Crippen molar-refractivity contribution in [1.82, 2.24) is 10.2 Å². The Morgan fingerprint density at radius 3 is 2.44 bits per heavy atom. The monoisotopic (exact) mass is 226 g/mol. The largest absolute Gasteiger partial charge is 0.344 e. The lowest BCUT2D eigenvalue weighted by Gasteiger charge is -2.20. The van der Waals surface area contributed by atoms with Crippen LogP contribution in [0.2, 0.25) is 0 Å². The first kappa shape index (κ1) is 14.7. The predicted octanol–water partition coefficient (Wildman–Crippen LogP) is 1.33. The second kappa shape index (κ2) is 8.95. The second-order valence-corrected chi connectivity index (χ2v) is 3.64. The number of unbranched alkanes of at least 4 members (excludes halogenated alkanes) is 1. The molecule has 0 aromatic heterocycles. The van der Waals surface area contributed by atoms with Crippen LogP contribution in [0.4, 0.5) is 0 Å². The molecule has 0 radical (unpaired) electrons. The van der Waals surface area contributed by atoms with E-state index in [0.29, 0.717) is 19.6 Å². The molecule has 0 atom stereocenters. The minimum atomic E-state index is -0.538. The highest BCUT2D eigenvalue weighted by atomic mass is 16.2. The molecular weight excluding hydrogens is 204 g/mol. The fourth-order valence-corrected chi connectivity index (χ4v) is 1.32. The van der Waals surface area contributed by atoms with Crippen LogP contribution in [0.15, 0.2) is 12.7 Å². The molecule has 0 spiro atoms. The van der Waals surface area contributed by atoms with E-state index in [2.05, 4.69) is 18.8 Å². The number of carbonyl (C=O) groups is 2. The summed E-state index contributed by atoms with van der Waals surface area (Å²) in [6.07, 6.45) is 4.37. The first-order valence-electron chi connectivity index (χ1n) is 5.85. The Bertz CT molecular complexity index is 239. The lowest BCUT2D eigenvalue weighted by Crippen LogP contribution is -2.43. The van der Waals surface area contributed by atoms with E-state index in [-0.39, 0.29) is 0 Å². The van der Waals surface area contributed by atoms with Gasteiger partial charge < -0.3 is 10.2 Å². The molecule has 0 saturated heterocycles. The molecule has 2 amide bonds. The number of nitrogens with zero attached hydrogens (tertiary/aromatic N) is 1. The van der Waals surface area contributed by atoms with E-state index < -0.39 is 11.8 Å². The number of hydrogen-bond donors (Lipinski definition) is 1. The van der Waals surface area contributed by atoms with Crippen LogP contribution in [0.1, 0.15) is 33.1 Å². The Kier molecular flexibility index (Phi) is 8.21. The standard InChI is InChI=1S/C12H22N2O2/c1-4-7-10-14(9-6-3)12(16)11(15)13-8-5-2/h5H,2,4,6-10H2,1,3H3,(H,13,15). The Labute approximate surface area is 97.7 Å². The first-order chi connectivity index (χ1) is 7.67. The quantitative estimate of drug-likeness (QED) is 0.526. The predicted molar refractivity (Wildman–Crippen MR) is 65.0 cm³/mol. The van der Waals surface area contributed by atoms with Crippen LogP contribution in [0.25, 0.3) is 0 Å². The molecule has 0 saturated carbocycles. The topological polar surface area (TPSA) is 49.4 Å². The van der Waals surface area contributed by atoms with Crippen LogP contribution in [0.5, 0.6) is 0 Å². The highest BCUT2D eigenvalue weighted by Crippen LogP contribution is 1.98. The highest BCUT2D eigenvalue weighted by molar-refractivity contribution is 6.35. The summed E-state index contributed by atoms with van der Waals surface area (Å²) >= 11 is 0. The first-order valence-corrected chi connectivity index (χ1v) is 5.85. The van der Waals surface area contributed by atoms with Gasteiger partial charge in [-0.05, 0) is 12.8 Å². The summed E-state index contributed by atoms with van der Waals surface area (Å²) < 4.78 is 0. The Balaban J connectivity index is 4.23. The van der Waals surface area contributed by atoms with Gasteiger partial charge in [0.2, 0.25) is 0 Å². The normalized spacial score (nSPS) is 9.62. The van der Waals surface area contributed by atoms with Gasteiger partial charge in [0, 0.05) is 19.6 Å². The lowest BCUT2D eigenvalue weighted by molar-refractivity contribution is -0.145. The van der Waals surface area contributed by atoms with Crippen molar-refractivity contribution in [1.29, 1.82) is 0 Å². The van der Waals surface area contributed by atoms with E-state index in [0.717, 1.165) is 19.3 Å². The van der Waals surface area contributed by atoms with Crippen LogP contribution >= 0.6 is 0 Å². The summed E-state index contributed by atoms with van der Waals surface area (Å²) in [5, 5.41) is 2.50. The average Bonchev–Trinajstić information content (AvgIpc) is 2.30. The third kappa shape index (κ3) is 5.53. The molecule has 16 heavy (non-hydrogen) atoms. The maximum atomic E-state index is 11.7. The van der Waals surface area contributed by atoms with E-state index in [1.54, 1.807) is 11.0 Å². The summed E-state index contributed by atoms with van der Waals surface area (Å²) in [6.45, 7) is 9.17. The summed E-state index contributed by atoms with van der Waals surface area (Å²) in [7, 11) is 0. The molecule has 0 bridgehead atoms. The average molecular weight is 226 g/mol. The summed E-state index contributed by atoms with van der Waals surface area (Å²) in [5.41, 5.74) is 0. The minimum Gasteiger partial charge on any atom is -0.344 e. The fraction of sp³-hybridized carbons (Fsp3) is 0.667. The molecule has 1 N–H and O–H groups in total. The molecule has 0 aromatic rings. The number of amides is 2. The zero-order valence-electron chi connectivity index (χ0n) is 10.3. The molecular formula is C12H22N2O2. The number of rotatable bonds is 7. The van der Waals surface area contributed by atoms with Crippen molar-refractivity contribution >= 4 is 11.8 Å². The zero-order chi connectivity index (χ0) is 12.4. The number of carbonyl (C=O) groups excluding carboxylic acids is 2. The smallest absolute Gasteiger partial charge is 0.311 e. The van der Waals surface area contributed by atoms with Crippen LogP contribution in [-0.2, 0) is 9.59 Å². The van der Waals surface area contributed by atoms with Gasteiger partial charge in [0.25, 0.3) is 0 Å². The molecule has 0 aliphatic heterocycles. The molecule has 92 valence electrons. The van der Waals surface area contributed by atoms with E-state index >= 15 is 0 Å². The van der Waals surface area contributed by atoms with Crippen molar-refractivity contribution in [3.8, 4) is 0 Å². The SMILES string of the molecule is C=CCNC(=O)C(=O)N(CCC)CCCC. The van der Waals surface area contributed by atoms with Crippen molar-refractivity contribution < 1.29 is 9.59 Å². The highest BCUT2D eigenvalue weighted by Gasteiger charge is 2.19. The van der Waals surface area contributed by atoms with Crippen LogP contribution in [-0.4, -0.2) is 36.3 Å². The molecule has 0 rings (SSSR count). The Morgan fingerprint density at radius 1 is 1.25 bits per heavy atom. The second-order valence-electron chi connectivity index (χ2n) is 3.64. The third-order valence-corrected chi connectivity index (χ3v) is 2.16. The zero-order valence-corrected chi connectivity index (χ0v) is 10.3. The van der Waals surface area contributed by atoms with Gasteiger partial charge in [-0.25, -0.2) is 0 Å². The minimum absolute atomic E-state index is 0.332. The van der Waals surface area contributed by atoms with E-state index in [1.807, 2.05) is 6.92 Å². The van der Waals surface area contributed by atoms with Gasteiger partial charge in [0.05, 0.1) is 0 Å². The maximum Gasteiger partial charge on any atom is 0.311 e. The molecule has 0 fully saturated rings. The van der Waals surface area contributed by atoms with E-state index in [9.17, 15) is 9.59 Å². The molecule has 4 heteroatoms. The Hall–Kier alpha value is -1.32. The van der Waals surface area contributed by atoms with Gasteiger partial charge in [0.15, 0.2) is 0 Å². The van der Waals surface area contributed by atoms with Gasteiger partial charge in [0.1, 0.15) is 0 Å². The molecule has 0 aliphatic rings. The molecule has 4 nitrogen and oxygen atoms in total. The summed E-state index contributed by atoms with van der Waals surface area (Å²) in [5.74, 6) is -0.971. The summed E-state index contributed by atoms with van der Waals surface area (Å²) in [6, 6.07) is 0. The van der Waals surface area contributed by atoms with Crippen molar-refractivity contribution in [2.24, 2.45) is 0 Å². The number of nitrogens with one attached hydrogen (secondary N) is 1. The molecule has 0 aromatic carbocycles.